The number of nitrogens with one attached hydrogen (secondary N) is 1. The topological polar surface area (TPSA) is 88.3 Å². The van der Waals surface area contributed by atoms with Crippen molar-refractivity contribution in [2.45, 2.75) is 19.8 Å². The first-order valence-corrected chi connectivity index (χ1v) is 9.23. The van der Waals surface area contributed by atoms with Gasteiger partial charge in [0.1, 0.15) is 0 Å². The standard InChI is InChI=1S/C21H20N4O3/c1-2-18-23-21(28-24-18)14-8-10-16(11-9-14)22-20(27)15-12-19(26)25(13-15)17-6-4-3-5-7-17/h3-11,15H,2,12-13H2,1H3,(H,22,27). The molecule has 142 valence electrons. The highest BCUT2D eigenvalue weighted by Crippen LogP contribution is 2.26. The monoisotopic (exact) mass is 376 g/mol. The average Bonchev–Trinajstić information content (AvgIpc) is 3.36. The van der Waals surface area contributed by atoms with Gasteiger partial charge in [-0.05, 0) is 36.4 Å². The second kappa shape index (κ2) is 7.64. The quantitative estimate of drug-likeness (QED) is 0.738. The number of benzene rings is 2. The summed E-state index contributed by atoms with van der Waals surface area (Å²) in [7, 11) is 0. The van der Waals surface area contributed by atoms with Crippen LogP contribution in [0.5, 0.6) is 0 Å². The third-order valence-electron chi connectivity index (χ3n) is 4.75. The molecule has 3 aromatic rings. The number of aryl methyl sites for hydroxylation is 1. The number of carbonyl (C=O) groups is 2. The Morgan fingerprint density at radius 1 is 1.18 bits per heavy atom. The number of para-hydroxylation sites is 1. The van der Waals surface area contributed by atoms with Gasteiger partial charge in [0, 0.05) is 36.3 Å². The maximum Gasteiger partial charge on any atom is 0.257 e. The summed E-state index contributed by atoms with van der Waals surface area (Å²) in [6, 6.07) is 16.6. The van der Waals surface area contributed by atoms with Crippen LogP contribution in [0.15, 0.2) is 59.1 Å². The van der Waals surface area contributed by atoms with Crippen LogP contribution >= 0.6 is 0 Å². The molecule has 0 aliphatic carbocycles. The third kappa shape index (κ3) is 3.64. The molecule has 0 saturated carbocycles. The highest BCUT2D eigenvalue weighted by molar-refractivity contribution is 6.03. The van der Waals surface area contributed by atoms with Crippen molar-refractivity contribution in [1.29, 1.82) is 0 Å². The molecule has 0 bridgehead atoms. The predicted octanol–water partition coefficient (Wildman–Crippen LogP) is 3.29. The zero-order valence-electron chi connectivity index (χ0n) is 15.5. The van der Waals surface area contributed by atoms with Crippen molar-refractivity contribution in [3.8, 4) is 11.5 Å². The minimum atomic E-state index is -0.379. The number of anilines is 2. The zero-order chi connectivity index (χ0) is 19.5. The third-order valence-corrected chi connectivity index (χ3v) is 4.75. The number of amides is 2. The van der Waals surface area contributed by atoms with Gasteiger partial charge in [0.05, 0.1) is 5.92 Å². The number of aromatic nitrogens is 2. The summed E-state index contributed by atoms with van der Waals surface area (Å²) in [4.78, 5) is 30.8. The fourth-order valence-electron chi connectivity index (χ4n) is 3.20. The molecular formula is C21H20N4O3. The van der Waals surface area contributed by atoms with Gasteiger partial charge in [0.2, 0.25) is 11.8 Å². The Morgan fingerprint density at radius 2 is 1.93 bits per heavy atom. The number of hydrogen-bond acceptors (Lipinski definition) is 5. The molecule has 1 fully saturated rings. The van der Waals surface area contributed by atoms with E-state index in [0.717, 1.165) is 11.3 Å². The molecular weight excluding hydrogens is 356 g/mol. The summed E-state index contributed by atoms with van der Waals surface area (Å²) in [6.45, 7) is 2.34. The highest BCUT2D eigenvalue weighted by Gasteiger charge is 2.35. The van der Waals surface area contributed by atoms with E-state index in [1.807, 2.05) is 49.4 Å². The molecule has 1 unspecified atom stereocenters. The molecule has 1 N–H and O–H groups in total. The average molecular weight is 376 g/mol. The molecule has 7 nitrogen and oxygen atoms in total. The van der Waals surface area contributed by atoms with Gasteiger partial charge >= 0.3 is 0 Å². The van der Waals surface area contributed by atoms with Crippen LogP contribution in [0.2, 0.25) is 0 Å². The lowest BCUT2D eigenvalue weighted by Crippen LogP contribution is -2.28. The van der Waals surface area contributed by atoms with E-state index in [1.165, 1.54) is 0 Å². The van der Waals surface area contributed by atoms with Crippen molar-refractivity contribution in [2.24, 2.45) is 5.92 Å². The molecule has 0 radical (unpaired) electrons. The van der Waals surface area contributed by atoms with Crippen molar-refractivity contribution in [2.75, 3.05) is 16.8 Å². The van der Waals surface area contributed by atoms with Gasteiger partial charge in [0.15, 0.2) is 5.82 Å². The SMILES string of the molecule is CCc1noc(-c2ccc(NC(=O)C3CC(=O)N(c4ccccc4)C3)cc2)n1. The first kappa shape index (κ1) is 17.9. The lowest BCUT2D eigenvalue weighted by atomic mass is 10.1. The van der Waals surface area contributed by atoms with Crippen LogP contribution in [0.4, 0.5) is 11.4 Å². The van der Waals surface area contributed by atoms with Gasteiger partial charge in [0.25, 0.3) is 5.89 Å². The second-order valence-electron chi connectivity index (χ2n) is 6.68. The van der Waals surface area contributed by atoms with Crippen molar-refractivity contribution in [3.05, 3.63) is 60.4 Å². The summed E-state index contributed by atoms with van der Waals surface area (Å²) in [6.07, 6.45) is 0.915. The Bertz CT molecular complexity index is 982. The lowest BCUT2D eigenvalue weighted by Gasteiger charge is -2.16. The Hall–Kier alpha value is -3.48. The summed E-state index contributed by atoms with van der Waals surface area (Å²) in [5.41, 5.74) is 2.27. The van der Waals surface area contributed by atoms with E-state index in [9.17, 15) is 9.59 Å². The molecule has 4 rings (SSSR count). The Kier molecular flexibility index (Phi) is 4.89. The van der Waals surface area contributed by atoms with E-state index in [1.54, 1.807) is 17.0 Å². The highest BCUT2D eigenvalue weighted by atomic mass is 16.5. The van der Waals surface area contributed by atoms with Gasteiger partial charge in [-0.15, -0.1) is 0 Å². The van der Waals surface area contributed by atoms with E-state index in [2.05, 4.69) is 15.5 Å². The molecule has 2 amide bonds. The summed E-state index contributed by atoms with van der Waals surface area (Å²) in [5, 5.41) is 6.77. The Morgan fingerprint density at radius 3 is 2.61 bits per heavy atom. The molecule has 2 heterocycles. The van der Waals surface area contributed by atoms with Crippen LogP contribution in [-0.2, 0) is 16.0 Å². The van der Waals surface area contributed by atoms with E-state index in [4.69, 9.17) is 4.52 Å². The van der Waals surface area contributed by atoms with Gasteiger partial charge < -0.3 is 14.7 Å². The van der Waals surface area contributed by atoms with Crippen molar-refractivity contribution < 1.29 is 14.1 Å². The molecule has 28 heavy (non-hydrogen) atoms. The summed E-state index contributed by atoms with van der Waals surface area (Å²) < 4.78 is 5.22. The van der Waals surface area contributed by atoms with Crippen LogP contribution in [0.3, 0.4) is 0 Å². The summed E-state index contributed by atoms with van der Waals surface area (Å²) >= 11 is 0. The molecule has 7 heteroatoms. The van der Waals surface area contributed by atoms with Gasteiger partial charge in [-0.2, -0.15) is 4.98 Å². The van der Waals surface area contributed by atoms with Crippen LogP contribution in [0, 0.1) is 5.92 Å². The lowest BCUT2D eigenvalue weighted by molar-refractivity contribution is -0.122. The molecule has 1 aliphatic heterocycles. The molecule has 1 atom stereocenters. The van der Waals surface area contributed by atoms with Crippen LogP contribution in [0.1, 0.15) is 19.2 Å². The van der Waals surface area contributed by atoms with Crippen LogP contribution in [-0.4, -0.2) is 28.5 Å². The Balaban J connectivity index is 1.40. The molecule has 0 spiro atoms. The maximum absolute atomic E-state index is 12.6. The smallest absolute Gasteiger partial charge is 0.257 e. The van der Waals surface area contributed by atoms with E-state index in [0.29, 0.717) is 30.4 Å². The first-order valence-electron chi connectivity index (χ1n) is 9.23. The fourth-order valence-corrected chi connectivity index (χ4v) is 3.20. The van der Waals surface area contributed by atoms with Gasteiger partial charge in [-0.1, -0.05) is 30.3 Å². The molecule has 1 aromatic heterocycles. The first-order chi connectivity index (χ1) is 13.6. The maximum atomic E-state index is 12.6. The zero-order valence-corrected chi connectivity index (χ0v) is 15.5. The largest absolute Gasteiger partial charge is 0.334 e. The van der Waals surface area contributed by atoms with Crippen molar-refractivity contribution in [1.82, 2.24) is 10.1 Å². The van der Waals surface area contributed by atoms with Crippen molar-refractivity contribution in [3.63, 3.8) is 0 Å². The second-order valence-corrected chi connectivity index (χ2v) is 6.68. The predicted molar refractivity (Wildman–Crippen MR) is 105 cm³/mol. The molecule has 2 aromatic carbocycles. The van der Waals surface area contributed by atoms with E-state index in [-0.39, 0.29) is 24.2 Å². The number of rotatable bonds is 5. The normalized spacial score (nSPS) is 16.4. The number of hydrogen-bond donors (Lipinski definition) is 1. The van der Waals surface area contributed by atoms with Crippen LogP contribution in [0.25, 0.3) is 11.5 Å². The number of carbonyl (C=O) groups excluding carboxylic acids is 2. The van der Waals surface area contributed by atoms with E-state index >= 15 is 0 Å². The molecule has 1 saturated heterocycles. The van der Waals surface area contributed by atoms with Crippen molar-refractivity contribution >= 4 is 23.2 Å². The Labute approximate surface area is 162 Å². The van der Waals surface area contributed by atoms with Gasteiger partial charge in [-0.3, -0.25) is 9.59 Å². The van der Waals surface area contributed by atoms with E-state index < -0.39 is 0 Å². The minimum absolute atomic E-state index is 0.0372. The van der Waals surface area contributed by atoms with Crippen LogP contribution < -0.4 is 10.2 Å². The summed E-state index contributed by atoms with van der Waals surface area (Å²) in [5.74, 6) is 0.529. The number of nitrogens with zero attached hydrogens (tertiary/aromatic N) is 3. The van der Waals surface area contributed by atoms with Gasteiger partial charge in [-0.25, -0.2) is 0 Å². The minimum Gasteiger partial charge on any atom is -0.334 e. The molecule has 1 aliphatic rings. The fraction of sp³-hybridized carbons (Fsp3) is 0.238.